The van der Waals surface area contributed by atoms with Gasteiger partial charge in [-0.15, -0.1) is 0 Å². The van der Waals surface area contributed by atoms with Crippen LogP contribution in [0.4, 0.5) is 4.39 Å². The maximum Gasteiger partial charge on any atom is 0.223 e. The van der Waals surface area contributed by atoms with Crippen molar-refractivity contribution >= 4 is 5.91 Å². The van der Waals surface area contributed by atoms with E-state index >= 15 is 0 Å². The molecule has 1 fully saturated rings. The van der Waals surface area contributed by atoms with Crippen LogP contribution in [0.2, 0.25) is 0 Å². The van der Waals surface area contributed by atoms with Crippen LogP contribution < -0.4 is 5.32 Å². The maximum atomic E-state index is 13.9. The highest BCUT2D eigenvalue weighted by atomic mass is 19.1. The Morgan fingerprint density at radius 3 is 2.68 bits per heavy atom. The highest BCUT2D eigenvalue weighted by molar-refractivity contribution is 5.77. The van der Waals surface area contributed by atoms with Crippen molar-refractivity contribution in [2.45, 2.75) is 63.8 Å². The Balaban J connectivity index is 1.74. The second kappa shape index (κ2) is 7.33. The molecule has 0 radical (unpaired) electrons. The Morgan fingerprint density at radius 2 is 2.04 bits per heavy atom. The Hall–Kier alpha value is -2.24. The minimum absolute atomic E-state index is 0.111. The number of nitrogens with zero attached hydrogens (tertiary/aromatic N) is 2. The summed E-state index contributed by atoms with van der Waals surface area (Å²) in [7, 11) is 0. The lowest BCUT2D eigenvalue weighted by Crippen LogP contribution is -2.48. The number of carbonyl (C=O) groups is 1. The number of carbonyl (C=O) groups excluding carboxylic acids is 1. The third kappa shape index (κ3) is 3.89. The molecule has 1 amide bonds. The van der Waals surface area contributed by atoms with Crippen molar-refractivity contribution in [1.29, 1.82) is 0 Å². The summed E-state index contributed by atoms with van der Waals surface area (Å²) in [6.07, 6.45) is 4.98. The molecule has 6 heteroatoms. The summed E-state index contributed by atoms with van der Waals surface area (Å²) < 4.78 is 19.1. The van der Waals surface area contributed by atoms with Crippen LogP contribution in [0, 0.1) is 12.7 Å². The van der Waals surface area contributed by atoms with Gasteiger partial charge in [-0.2, -0.15) is 4.98 Å². The molecule has 1 aromatic carbocycles. The van der Waals surface area contributed by atoms with Crippen LogP contribution in [0.5, 0.6) is 0 Å². The molecule has 0 bridgehead atoms. The Bertz CT molecular complexity index is 738. The molecule has 1 heterocycles. The fourth-order valence-corrected chi connectivity index (χ4v) is 3.63. The van der Waals surface area contributed by atoms with Gasteiger partial charge in [0.1, 0.15) is 11.4 Å². The Morgan fingerprint density at radius 1 is 1.32 bits per heavy atom. The topological polar surface area (TPSA) is 68.0 Å². The van der Waals surface area contributed by atoms with Crippen LogP contribution in [-0.2, 0) is 10.3 Å². The number of nitrogens with one attached hydrogen (secondary N) is 1. The first-order valence-electron chi connectivity index (χ1n) is 8.86. The van der Waals surface area contributed by atoms with Gasteiger partial charge >= 0.3 is 0 Å². The zero-order chi connectivity index (χ0) is 17.9. The second-order valence-corrected chi connectivity index (χ2v) is 6.95. The standard InChI is InChI=1S/C19H24FN3O2/c1-13(15-8-4-5-9-16(15)20)12-17(24)22-19(10-6-3-7-11-19)18-21-14(2)25-23-18/h4-5,8-9,13H,3,6-7,10-12H2,1-2H3,(H,22,24). The van der Waals surface area contributed by atoms with E-state index in [4.69, 9.17) is 4.52 Å². The van der Waals surface area contributed by atoms with Crippen molar-refractivity contribution in [1.82, 2.24) is 15.5 Å². The number of hydrogen-bond acceptors (Lipinski definition) is 4. The first kappa shape index (κ1) is 17.6. The summed E-state index contributed by atoms with van der Waals surface area (Å²) in [6.45, 7) is 3.61. The average Bonchev–Trinajstić information content (AvgIpc) is 3.03. The summed E-state index contributed by atoms with van der Waals surface area (Å²) in [5.41, 5.74) is -0.00654. The number of aromatic nitrogens is 2. The molecule has 25 heavy (non-hydrogen) atoms. The number of amides is 1. The van der Waals surface area contributed by atoms with Gasteiger partial charge in [0.25, 0.3) is 0 Å². The highest BCUT2D eigenvalue weighted by Gasteiger charge is 2.39. The molecule has 1 aliphatic rings. The summed E-state index contributed by atoms with van der Waals surface area (Å²) in [6, 6.07) is 6.60. The van der Waals surface area contributed by atoms with E-state index in [-0.39, 0.29) is 24.1 Å². The predicted octanol–water partition coefficient (Wildman–Crippen LogP) is 3.99. The van der Waals surface area contributed by atoms with E-state index in [1.54, 1.807) is 25.1 Å². The molecule has 5 nitrogen and oxygen atoms in total. The molecule has 0 aliphatic heterocycles. The van der Waals surface area contributed by atoms with Gasteiger partial charge in [0.2, 0.25) is 11.8 Å². The summed E-state index contributed by atoms with van der Waals surface area (Å²) in [5, 5.41) is 7.19. The van der Waals surface area contributed by atoms with Crippen molar-refractivity contribution in [3.05, 3.63) is 47.4 Å². The van der Waals surface area contributed by atoms with E-state index in [9.17, 15) is 9.18 Å². The zero-order valence-corrected chi connectivity index (χ0v) is 14.7. The van der Waals surface area contributed by atoms with E-state index in [1.165, 1.54) is 6.07 Å². The van der Waals surface area contributed by atoms with Gasteiger partial charge in [-0.05, 0) is 30.4 Å². The normalized spacial score (nSPS) is 17.9. The third-order valence-electron chi connectivity index (χ3n) is 4.97. The van der Waals surface area contributed by atoms with Crippen LogP contribution in [0.25, 0.3) is 0 Å². The first-order valence-corrected chi connectivity index (χ1v) is 8.86. The summed E-state index contributed by atoms with van der Waals surface area (Å²) in [5.74, 6) is 0.462. The molecular formula is C19H24FN3O2. The molecule has 3 rings (SSSR count). The van der Waals surface area contributed by atoms with Gasteiger partial charge in [-0.1, -0.05) is 49.5 Å². The SMILES string of the molecule is Cc1nc(C2(NC(=O)CC(C)c3ccccc3F)CCCCC2)no1. The van der Waals surface area contributed by atoms with E-state index in [1.807, 2.05) is 6.92 Å². The first-order chi connectivity index (χ1) is 12.0. The van der Waals surface area contributed by atoms with Crippen LogP contribution in [0.15, 0.2) is 28.8 Å². The van der Waals surface area contributed by atoms with Crippen LogP contribution in [0.3, 0.4) is 0 Å². The number of benzene rings is 1. The minimum atomic E-state index is -0.567. The molecule has 0 saturated heterocycles. The third-order valence-corrected chi connectivity index (χ3v) is 4.97. The van der Waals surface area contributed by atoms with Crippen LogP contribution >= 0.6 is 0 Å². The summed E-state index contributed by atoms with van der Waals surface area (Å²) in [4.78, 5) is 17.0. The Labute approximate surface area is 147 Å². The molecule has 1 N–H and O–H groups in total. The van der Waals surface area contributed by atoms with Gasteiger partial charge in [-0.25, -0.2) is 4.39 Å². The van der Waals surface area contributed by atoms with E-state index in [0.29, 0.717) is 17.3 Å². The second-order valence-electron chi connectivity index (χ2n) is 6.95. The molecule has 2 aromatic rings. The van der Waals surface area contributed by atoms with Crippen molar-refractivity contribution < 1.29 is 13.7 Å². The summed E-state index contributed by atoms with van der Waals surface area (Å²) >= 11 is 0. The van der Waals surface area contributed by atoms with E-state index < -0.39 is 5.54 Å². The molecule has 1 aromatic heterocycles. The number of hydrogen-bond donors (Lipinski definition) is 1. The highest BCUT2D eigenvalue weighted by Crippen LogP contribution is 2.36. The average molecular weight is 345 g/mol. The number of aryl methyl sites for hydroxylation is 1. The monoisotopic (exact) mass is 345 g/mol. The van der Waals surface area contributed by atoms with E-state index in [2.05, 4.69) is 15.5 Å². The lowest BCUT2D eigenvalue weighted by molar-refractivity contribution is -0.124. The quantitative estimate of drug-likeness (QED) is 0.890. The van der Waals surface area contributed by atoms with Crippen molar-refractivity contribution in [3.8, 4) is 0 Å². The molecule has 1 atom stereocenters. The van der Waals surface area contributed by atoms with Crippen LogP contribution in [-0.4, -0.2) is 16.0 Å². The smallest absolute Gasteiger partial charge is 0.223 e. The van der Waals surface area contributed by atoms with Gasteiger partial charge in [-0.3, -0.25) is 4.79 Å². The predicted molar refractivity (Wildman–Crippen MR) is 91.4 cm³/mol. The largest absolute Gasteiger partial charge is 0.343 e. The van der Waals surface area contributed by atoms with Gasteiger partial charge in [0.05, 0.1) is 0 Å². The number of halogens is 1. The fraction of sp³-hybridized carbons (Fsp3) is 0.526. The van der Waals surface area contributed by atoms with Crippen molar-refractivity contribution in [3.63, 3.8) is 0 Å². The molecule has 0 spiro atoms. The van der Waals surface area contributed by atoms with Crippen molar-refractivity contribution in [2.75, 3.05) is 0 Å². The fourth-order valence-electron chi connectivity index (χ4n) is 3.63. The zero-order valence-electron chi connectivity index (χ0n) is 14.7. The van der Waals surface area contributed by atoms with Gasteiger partial charge in [0, 0.05) is 13.3 Å². The lowest BCUT2D eigenvalue weighted by atomic mass is 9.80. The van der Waals surface area contributed by atoms with Gasteiger partial charge in [0.15, 0.2) is 5.82 Å². The molecule has 1 aliphatic carbocycles. The Kier molecular flexibility index (Phi) is 5.16. The molecule has 1 saturated carbocycles. The maximum absolute atomic E-state index is 13.9. The molecule has 134 valence electrons. The molecular weight excluding hydrogens is 321 g/mol. The van der Waals surface area contributed by atoms with E-state index in [0.717, 1.165) is 32.1 Å². The lowest BCUT2D eigenvalue weighted by Gasteiger charge is -2.35. The van der Waals surface area contributed by atoms with Gasteiger partial charge < -0.3 is 9.84 Å². The van der Waals surface area contributed by atoms with Crippen molar-refractivity contribution in [2.24, 2.45) is 0 Å². The minimum Gasteiger partial charge on any atom is -0.343 e. The van der Waals surface area contributed by atoms with Crippen LogP contribution in [0.1, 0.15) is 68.6 Å². The molecule has 1 unspecified atom stereocenters. The number of rotatable bonds is 5.